The Hall–Kier alpha value is -1.21. The second-order valence-electron chi connectivity index (χ2n) is 4.93. The molecule has 0 aliphatic carbocycles. The highest BCUT2D eigenvalue weighted by molar-refractivity contribution is 7.98. The fraction of sp³-hybridized carbons (Fsp3) is 0.294. The van der Waals surface area contributed by atoms with Gasteiger partial charge >= 0.3 is 0 Å². The zero-order valence-corrected chi connectivity index (χ0v) is 11.9. The molecule has 0 nitrogen and oxygen atoms in total. The van der Waals surface area contributed by atoms with E-state index in [4.69, 9.17) is 0 Å². The first-order valence-corrected chi connectivity index (χ1v) is 7.64. The largest absolute Gasteiger partial charge is 0.157 e. The smallest absolute Gasteiger partial charge is 0.0190 e. The summed E-state index contributed by atoms with van der Waals surface area (Å²) in [5.74, 6) is 3.09. The Kier molecular flexibility index (Phi) is 4.89. The van der Waals surface area contributed by atoms with Gasteiger partial charge in [-0.25, -0.2) is 0 Å². The lowest BCUT2D eigenvalue weighted by atomic mass is 10.0. The van der Waals surface area contributed by atoms with E-state index in [1.54, 1.807) is 0 Å². The molecule has 0 amide bonds. The van der Waals surface area contributed by atoms with E-state index >= 15 is 0 Å². The van der Waals surface area contributed by atoms with Crippen LogP contribution in [0.3, 0.4) is 0 Å². The average molecular weight is 256 g/mol. The van der Waals surface area contributed by atoms with E-state index < -0.39 is 0 Å². The van der Waals surface area contributed by atoms with Crippen LogP contribution >= 0.6 is 11.8 Å². The zero-order chi connectivity index (χ0) is 12.8. The summed E-state index contributed by atoms with van der Waals surface area (Å²) in [6, 6.07) is 19.4. The highest BCUT2D eigenvalue weighted by Gasteiger charge is 2.04. The van der Waals surface area contributed by atoms with Crippen molar-refractivity contribution in [2.24, 2.45) is 5.92 Å². The number of hydrogen-bond acceptors (Lipinski definition) is 1. The Labute approximate surface area is 114 Å². The summed E-state index contributed by atoms with van der Waals surface area (Å²) in [7, 11) is 0. The summed E-state index contributed by atoms with van der Waals surface area (Å²) >= 11 is 2.02. The van der Waals surface area contributed by atoms with Crippen LogP contribution in [-0.2, 0) is 5.75 Å². The van der Waals surface area contributed by atoms with E-state index in [0.717, 1.165) is 11.7 Å². The Morgan fingerprint density at radius 3 is 2.28 bits per heavy atom. The van der Waals surface area contributed by atoms with Gasteiger partial charge in [0, 0.05) is 5.75 Å². The third-order valence-electron chi connectivity index (χ3n) is 2.81. The van der Waals surface area contributed by atoms with Gasteiger partial charge in [0.05, 0.1) is 0 Å². The molecule has 2 aromatic carbocycles. The number of thioether (sulfide) groups is 1. The molecule has 18 heavy (non-hydrogen) atoms. The second-order valence-corrected chi connectivity index (χ2v) is 5.96. The van der Waals surface area contributed by atoms with Crippen LogP contribution < -0.4 is 0 Å². The van der Waals surface area contributed by atoms with E-state index in [1.165, 1.54) is 22.4 Å². The molecule has 0 atom stereocenters. The zero-order valence-electron chi connectivity index (χ0n) is 11.1. The quantitative estimate of drug-likeness (QED) is 0.704. The van der Waals surface area contributed by atoms with Crippen molar-refractivity contribution >= 4 is 11.8 Å². The average Bonchev–Trinajstić information content (AvgIpc) is 2.40. The maximum Gasteiger partial charge on any atom is 0.0190 e. The molecule has 1 heteroatoms. The van der Waals surface area contributed by atoms with Gasteiger partial charge in [-0.1, -0.05) is 68.4 Å². The predicted octanol–water partition coefficient (Wildman–Crippen LogP) is 5.24. The summed E-state index contributed by atoms with van der Waals surface area (Å²) in [6.07, 6.45) is 0. The molecule has 0 saturated carbocycles. The maximum absolute atomic E-state index is 2.27. The summed E-state index contributed by atoms with van der Waals surface area (Å²) in [6.45, 7) is 4.55. The highest BCUT2D eigenvalue weighted by Crippen LogP contribution is 2.27. The molecule has 0 unspecified atom stereocenters. The van der Waals surface area contributed by atoms with Crippen molar-refractivity contribution in [2.75, 3.05) is 5.75 Å². The molecule has 2 rings (SSSR count). The molecule has 0 heterocycles. The lowest BCUT2D eigenvalue weighted by Gasteiger charge is -2.10. The summed E-state index contributed by atoms with van der Waals surface area (Å²) in [4.78, 5) is 0. The van der Waals surface area contributed by atoms with Crippen LogP contribution in [0.5, 0.6) is 0 Å². The lowest BCUT2D eigenvalue weighted by Crippen LogP contribution is -1.93. The van der Waals surface area contributed by atoms with E-state index in [0.29, 0.717) is 0 Å². The molecule has 0 saturated heterocycles. The first kappa shape index (κ1) is 13.2. The minimum absolute atomic E-state index is 0.763. The number of rotatable bonds is 5. The highest BCUT2D eigenvalue weighted by atomic mass is 32.2. The van der Waals surface area contributed by atoms with Crippen LogP contribution in [0.1, 0.15) is 19.4 Å². The van der Waals surface area contributed by atoms with Gasteiger partial charge in [0.15, 0.2) is 0 Å². The third kappa shape index (κ3) is 3.64. The van der Waals surface area contributed by atoms with Crippen LogP contribution in [0, 0.1) is 5.92 Å². The molecular formula is C17H20S. The van der Waals surface area contributed by atoms with Gasteiger partial charge in [0.1, 0.15) is 0 Å². The van der Waals surface area contributed by atoms with Gasteiger partial charge in [-0.2, -0.15) is 11.8 Å². The molecule has 94 valence electrons. The summed E-state index contributed by atoms with van der Waals surface area (Å²) in [5, 5.41) is 0. The molecular weight excluding hydrogens is 236 g/mol. The summed E-state index contributed by atoms with van der Waals surface area (Å²) in [5.41, 5.74) is 4.13. The molecule has 0 aromatic heterocycles. The van der Waals surface area contributed by atoms with E-state index in [1.807, 2.05) is 11.8 Å². The standard InChI is InChI=1S/C17H20S/c1-14(2)12-18-13-16-10-6-7-11-17(16)15-8-4-3-5-9-15/h3-11,14H,12-13H2,1-2H3. The topological polar surface area (TPSA) is 0 Å². The SMILES string of the molecule is CC(C)CSCc1ccccc1-c1ccccc1. The first-order chi connectivity index (χ1) is 8.77. The first-order valence-electron chi connectivity index (χ1n) is 6.48. The number of benzene rings is 2. The molecule has 0 N–H and O–H groups in total. The van der Waals surface area contributed by atoms with Gasteiger partial charge in [0.25, 0.3) is 0 Å². The van der Waals surface area contributed by atoms with Crippen LogP contribution in [0.2, 0.25) is 0 Å². The minimum Gasteiger partial charge on any atom is -0.157 e. The molecule has 0 radical (unpaired) electrons. The maximum atomic E-state index is 2.27. The van der Waals surface area contributed by atoms with Crippen molar-refractivity contribution in [1.29, 1.82) is 0 Å². The monoisotopic (exact) mass is 256 g/mol. The summed E-state index contributed by atoms with van der Waals surface area (Å²) < 4.78 is 0. The molecule has 0 aliphatic rings. The second kappa shape index (κ2) is 6.65. The molecule has 0 spiro atoms. The number of hydrogen-bond donors (Lipinski definition) is 0. The van der Waals surface area contributed by atoms with E-state index in [9.17, 15) is 0 Å². The Bertz CT molecular complexity index is 474. The van der Waals surface area contributed by atoms with Crippen molar-refractivity contribution in [3.05, 3.63) is 60.2 Å². The van der Waals surface area contributed by atoms with Crippen molar-refractivity contribution in [2.45, 2.75) is 19.6 Å². The molecule has 0 aliphatic heterocycles. The molecule has 0 bridgehead atoms. The van der Waals surface area contributed by atoms with Gasteiger partial charge in [0.2, 0.25) is 0 Å². The van der Waals surface area contributed by atoms with Crippen LogP contribution in [0.4, 0.5) is 0 Å². The van der Waals surface area contributed by atoms with Crippen molar-refractivity contribution < 1.29 is 0 Å². The lowest BCUT2D eigenvalue weighted by molar-refractivity contribution is 0.750. The predicted molar refractivity (Wildman–Crippen MR) is 82.9 cm³/mol. The Morgan fingerprint density at radius 2 is 1.56 bits per heavy atom. The molecule has 0 fully saturated rings. The van der Waals surface area contributed by atoms with Crippen LogP contribution in [-0.4, -0.2) is 5.75 Å². The van der Waals surface area contributed by atoms with Crippen LogP contribution in [0.15, 0.2) is 54.6 Å². The minimum atomic E-state index is 0.763. The van der Waals surface area contributed by atoms with Crippen molar-refractivity contribution in [3.8, 4) is 11.1 Å². The Balaban J connectivity index is 2.16. The normalized spacial score (nSPS) is 10.8. The third-order valence-corrected chi connectivity index (χ3v) is 4.23. The van der Waals surface area contributed by atoms with E-state index in [2.05, 4.69) is 68.4 Å². The van der Waals surface area contributed by atoms with Gasteiger partial charge < -0.3 is 0 Å². The fourth-order valence-electron chi connectivity index (χ4n) is 1.95. The van der Waals surface area contributed by atoms with Crippen LogP contribution in [0.25, 0.3) is 11.1 Å². The van der Waals surface area contributed by atoms with Gasteiger partial charge in [-0.05, 0) is 28.4 Å². The van der Waals surface area contributed by atoms with Gasteiger partial charge in [-0.3, -0.25) is 0 Å². The fourth-order valence-corrected chi connectivity index (χ4v) is 3.01. The van der Waals surface area contributed by atoms with E-state index in [-0.39, 0.29) is 0 Å². The molecule has 2 aromatic rings. The van der Waals surface area contributed by atoms with Crippen molar-refractivity contribution in [3.63, 3.8) is 0 Å². The van der Waals surface area contributed by atoms with Crippen molar-refractivity contribution in [1.82, 2.24) is 0 Å². The Morgan fingerprint density at radius 1 is 0.889 bits per heavy atom. The van der Waals surface area contributed by atoms with Gasteiger partial charge in [-0.15, -0.1) is 0 Å².